The van der Waals surface area contributed by atoms with Crippen LogP contribution in [0, 0.1) is 13.8 Å². The van der Waals surface area contributed by atoms with Crippen LogP contribution in [0.5, 0.6) is 0 Å². The van der Waals surface area contributed by atoms with Crippen LogP contribution in [0.1, 0.15) is 41.8 Å². The monoisotopic (exact) mass is 363 g/mol. The van der Waals surface area contributed by atoms with E-state index in [2.05, 4.69) is 10.5 Å². The van der Waals surface area contributed by atoms with E-state index in [1.165, 1.54) is 0 Å². The Balaban J connectivity index is 1.74. The Morgan fingerprint density at radius 3 is 2.52 bits per heavy atom. The van der Waals surface area contributed by atoms with Gasteiger partial charge in [0.2, 0.25) is 10.0 Å². The summed E-state index contributed by atoms with van der Waals surface area (Å²) in [6.45, 7) is 6.09. The van der Waals surface area contributed by atoms with Crippen molar-refractivity contribution in [1.29, 1.82) is 0 Å². The van der Waals surface area contributed by atoms with Crippen molar-refractivity contribution >= 4 is 10.0 Å². The summed E-state index contributed by atoms with van der Waals surface area (Å²) in [5, 5.41) is 7.26. The number of hydrogen-bond donors (Lipinski definition) is 1. The second-order valence-electron chi connectivity index (χ2n) is 6.48. The fraction of sp³-hybridized carbons (Fsp3) is 0.500. The molecule has 136 valence electrons. The van der Waals surface area contributed by atoms with Crippen LogP contribution >= 0.6 is 0 Å². The fourth-order valence-electron chi connectivity index (χ4n) is 3.22. The van der Waals surface area contributed by atoms with Gasteiger partial charge in [-0.1, -0.05) is 29.8 Å². The van der Waals surface area contributed by atoms with Gasteiger partial charge in [-0.05, 0) is 38.3 Å². The number of nitrogens with zero attached hydrogens (tertiary/aromatic N) is 2. The molecule has 6 nitrogen and oxygen atoms in total. The highest BCUT2D eigenvalue weighted by Gasteiger charge is 2.27. The molecule has 0 atom stereocenters. The quantitative estimate of drug-likeness (QED) is 0.854. The molecule has 2 aromatic rings. The van der Waals surface area contributed by atoms with E-state index in [0.717, 1.165) is 41.8 Å². The lowest BCUT2D eigenvalue weighted by Crippen LogP contribution is -2.36. The largest absolute Gasteiger partial charge is 0.361 e. The summed E-state index contributed by atoms with van der Waals surface area (Å²) >= 11 is 0. The molecule has 1 aliphatic rings. The van der Waals surface area contributed by atoms with Crippen LogP contribution in [0.4, 0.5) is 0 Å². The summed E-state index contributed by atoms with van der Waals surface area (Å²) in [4.78, 5) is 0.406. The molecule has 2 heterocycles. The van der Waals surface area contributed by atoms with Gasteiger partial charge >= 0.3 is 0 Å². The number of hydrogen-bond acceptors (Lipinski definition) is 5. The standard InChI is InChI=1S/C18H25N3O3S/c1-14-17(15(2)24-20-14)13-19-12-16-8-4-5-9-18(16)25(22,23)21-10-6-3-7-11-21/h4-5,8-9,19H,3,6-7,10-13H2,1-2H3. The van der Waals surface area contributed by atoms with Crippen molar-refractivity contribution in [3.05, 3.63) is 46.8 Å². The van der Waals surface area contributed by atoms with Crippen LogP contribution in [0.15, 0.2) is 33.7 Å². The van der Waals surface area contributed by atoms with Crippen molar-refractivity contribution in [3.8, 4) is 0 Å². The van der Waals surface area contributed by atoms with Gasteiger partial charge in [0.25, 0.3) is 0 Å². The summed E-state index contributed by atoms with van der Waals surface area (Å²) < 4.78 is 32.7. The first kappa shape index (κ1) is 18.1. The Hall–Kier alpha value is -1.70. The van der Waals surface area contributed by atoms with Gasteiger partial charge in [0, 0.05) is 31.7 Å². The third-order valence-corrected chi connectivity index (χ3v) is 6.70. The number of benzene rings is 1. The first-order chi connectivity index (χ1) is 12.0. The summed E-state index contributed by atoms with van der Waals surface area (Å²) in [6, 6.07) is 7.24. The van der Waals surface area contributed by atoms with Gasteiger partial charge in [-0.3, -0.25) is 0 Å². The Labute approximate surface area is 149 Å². The lowest BCUT2D eigenvalue weighted by Gasteiger charge is -2.26. The normalized spacial score (nSPS) is 16.2. The molecule has 0 saturated carbocycles. The van der Waals surface area contributed by atoms with Gasteiger partial charge in [0.1, 0.15) is 5.76 Å². The van der Waals surface area contributed by atoms with Gasteiger partial charge in [0.05, 0.1) is 10.6 Å². The van der Waals surface area contributed by atoms with E-state index in [9.17, 15) is 8.42 Å². The minimum atomic E-state index is -3.43. The Morgan fingerprint density at radius 2 is 1.84 bits per heavy atom. The van der Waals surface area contributed by atoms with Gasteiger partial charge in [-0.2, -0.15) is 4.31 Å². The predicted molar refractivity (Wildman–Crippen MR) is 95.6 cm³/mol. The topological polar surface area (TPSA) is 75.4 Å². The van der Waals surface area contributed by atoms with Crippen molar-refractivity contribution in [3.63, 3.8) is 0 Å². The zero-order valence-corrected chi connectivity index (χ0v) is 15.6. The Kier molecular flexibility index (Phi) is 5.56. The molecule has 1 fully saturated rings. The first-order valence-corrected chi connectivity index (χ1v) is 10.1. The van der Waals surface area contributed by atoms with Crippen LogP contribution in [0.2, 0.25) is 0 Å². The van der Waals surface area contributed by atoms with Crippen molar-refractivity contribution in [2.24, 2.45) is 0 Å². The number of sulfonamides is 1. The second-order valence-corrected chi connectivity index (χ2v) is 8.39. The van der Waals surface area contributed by atoms with E-state index in [1.54, 1.807) is 16.4 Å². The zero-order valence-electron chi connectivity index (χ0n) is 14.8. The average molecular weight is 363 g/mol. The molecule has 3 rings (SSSR count). The fourth-order valence-corrected chi connectivity index (χ4v) is 4.96. The number of aryl methyl sites for hydroxylation is 2. The third kappa shape index (κ3) is 3.94. The van der Waals surface area contributed by atoms with E-state index in [0.29, 0.717) is 31.1 Å². The molecular formula is C18H25N3O3S. The Bertz CT molecular complexity index is 804. The summed E-state index contributed by atoms with van der Waals surface area (Å²) in [5.74, 6) is 0.791. The van der Waals surface area contributed by atoms with Crippen LogP contribution in [0.3, 0.4) is 0 Å². The molecule has 7 heteroatoms. The second kappa shape index (κ2) is 7.68. The lowest BCUT2D eigenvalue weighted by molar-refractivity contribution is 0.346. The van der Waals surface area contributed by atoms with E-state index in [-0.39, 0.29) is 0 Å². The van der Waals surface area contributed by atoms with Crippen molar-refractivity contribution < 1.29 is 12.9 Å². The van der Waals surface area contributed by atoms with Crippen LogP contribution < -0.4 is 5.32 Å². The van der Waals surface area contributed by atoms with Crippen molar-refractivity contribution in [1.82, 2.24) is 14.8 Å². The van der Waals surface area contributed by atoms with E-state index < -0.39 is 10.0 Å². The number of nitrogens with one attached hydrogen (secondary N) is 1. The summed E-state index contributed by atoms with van der Waals surface area (Å²) in [6.07, 6.45) is 2.98. The molecule has 0 amide bonds. The van der Waals surface area contributed by atoms with Gasteiger partial charge in [0.15, 0.2) is 0 Å². The van der Waals surface area contributed by atoms with Crippen LogP contribution in [-0.4, -0.2) is 31.0 Å². The van der Waals surface area contributed by atoms with Crippen molar-refractivity contribution in [2.45, 2.75) is 51.1 Å². The molecule has 0 spiro atoms. The molecule has 1 aliphatic heterocycles. The molecule has 0 bridgehead atoms. The summed E-state index contributed by atoms with van der Waals surface area (Å²) in [7, 11) is -3.43. The maximum Gasteiger partial charge on any atom is 0.243 e. The molecule has 1 N–H and O–H groups in total. The predicted octanol–water partition coefficient (Wildman–Crippen LogP) is 2.76. The minimum Gasteiger partial charge on any atom is -0.361 e. The van der Waals surface area contributed by atoms with Gasteiger partial charge in [-0.15, -0.1) is 0 Å². The molecular weight excluding hydrogens is 338 g/mol. The van der Waals surface area contributed by atoms with E-state index in [4.69, 9.17) is 4.52 Å². The van der Waals surface area contributed by atoms with Crippen molar-refractivity contribution in [2.75, 3.05) is 13.1 Å². The smallest absolute Gasteiger partial charge is 0.243 e. The highest BCUT2D eigenvalue weighted by atomic mass is 32.2. The molecule has 25 heavy (non-hydrogen) atoms. The zero-order chi connectivity index (χ0) is 17.9. The van der Waals surface area contributed by atoms with Gasteiger partial charge < -0.3 is 9.84 Å². The maximum atomic E-state index is 13.0. The van der Waals surface area contributed by atoms with Crippen LogP contribution in [0.25, 0.3) is 0 Å². The number of rotatable bonds is 6. The first-order valence-electron chi connectivity index (χ1n) is 8.70. The molecule has 1 saturated heterocycles. The molecule has 0 unspecified atom stereocenters. The van der Waals surface area contributed by atoms with Gasteiger partial charge in [-0.25, -0.2) is 8.42 Å². The molecule has 1 aromatic carbocycles. The SMILES string of the molecule is Cc1noc(C)c1CNCc1ccccc1S(=O)(=O)N1CCCCC1. The third-order valence-electron chi connectivity index (χ3n) is 4.70. The maximum absolute atomic E-state index is 13.0. The highest BCUT2D eigenvalue weighted by Crippen LogP contribution is 2.23. The molecule has 0 aliphatic carbocycles. The molecule has 0 radical (unpaired) electrons. The summed E-state index contributed by atoms with van der Waals surface area (Å²) in [5.41, 5.74) is 2.68. The number of aromatic nitrogens is 1. The number of piperidine rings is 1. The molecule has 1 aromatic heterocycles. The minimum absolute atomic E-state index is 0.406. The average Bonchev–Trinajstić information content (AvgIpc) is 2.95. The van der Waals surface area contributed by atoms with Crippen LogP contribution in [-0.2, 0) is 23.1 Å². The highest BCUT2D eigenvalue weighted by molar-refractivity contribution is 7.89. The van der Waals surface area contributed by atoms with E-state index >= 15 is 0 Å². The van der Waals surface area contributed by atoms with E-state index in [1.807, 2.05) is 26.0 Å². The Morgan fingerprint density at radius 1 is 1.12 bits per heavy atom. The lowest BCUT2D eigenvalue weighted by atomic mass is 10.2.